The highest BCUT2D eigenvalue weighted by Gasteiger charge is 2.21. The van der Waals surface area contributed by atoms with Crippen LogP contribution in [0.25, 0.3) is 0 Å². The Labute approximate surface area is 115 Å². The molecule has 0 aliphatic carbocycles. The highest BCUT2D eigenvalue weighted by atomic mass is 79.9. The zero-order valence-electron chi connectivity index (χ0n) is 10.4. The van der Waals surface area contributed by atoms with Gasteiger partial charge in [-0.2, -0.15) is 0 Å². The first-order chi connectivity index (χ1) is 8.58. The van der Waals surface area contributed by atoms with Gasteiger partial charge in [-0.05, 0) is 37.9 Å². The van der Waals surface area contributed by atoms with Gasteiger partial charge >= 0.3 is 0 Å². The van der Waals surface area contributed by atoms with Crippen LogP contribution in [0, 0.1) is 16.0 Å². The van der Waals surface area contributed by atoms with Crippen LogP contribution in [0.1, 0.15) is 25.3 Å². The lowest BCUT2D eigenvalue weighted by Gasteiger charge is -2.30. The van der Waals surface area contributed by atoms with Gasteiger partial charge in [0.2, 0.25) is 0 Å². The Kier molecular flexibility index (Phi) is 4.35. The minimum Gasteiger partial charge on any atom is -0.299 e. The number of rotatable bonds is 3. The van der Waals surface area contributed by atoms with Crippen molar-refractivity contribution in [3.05, 3.63) is 38.3 Å². The Hall–Kier alpha value is -0.940. The first-order valence-electron chi connectivity index (χ1n) is 6.22. The lowest BCUT2D eigenvalue weighted by Crippen LogP contribution is -2.32. The Morgan fingerprint density at radius 3 is 2.72 bits per heavy atom. The molecule has 0 amide bonds. The number of nitro benzene ring substituents is 1. The molecule has 1 aromatic rings. The average molecular weight is 313 g/mol. The van der Waals surface area contributed by atoms with Crippen LogP contribution in [0.15, 0.2) is 22.7 Å². The van der Waals surface area contributed by atoms with Crippen molar-refractivity contribution in [2.75, 3.05) is 13.1 Å². The number of nitro groups is 1. The molecule has 0 unspecified atom stereocenters. The van der Waals surface area contributed by atoms with E-state index in [0.29, 0.717) is 6.54 Å². The minimum absolute atomic E-state index is 0.211. The quantitative estimate of drug-likeness (QED) is 0.633. The lowest BCUT2D eigenvalue weighted by molar-refractivity contribution is -0.385. The van der Waals surface area contributed by atoms with Crippen LogP contribution in [0.4, 0.5) is 5.69 Å². The monoisotopic (exact) mass is 312 g/mol. The van der Waals surface area contributed by atoms with Gasteiger partial charge in [0.15, 0.2) is 0 Å². The van der Waals surface area contributed by atoms with Gasteiger partial charge in [-0.3, -0.25) is 15.0 Å². The number of hydrogen-bond donors (Lipinski definition) is 0. The summed E-state index contributed by atoms with van der Waals surface area (Å²) in [6.45, 7) is 4.97. The van der Waals surface area contributed by atoms with Gasteiger partial charge < -0.3 is 0 Å². The van der Waals surface area contributed by atoms with Crippen molar-refractivity contribution in [3.63, 3.8) is 0 Å². The molecule has 18 heavy (non-hydrogen) atoms. The van der Waals surface area contributed by atoms with E-state index in [0.717, 1.165) is 29.0 Å². The van der Waals surface area contributed by atoms with E-state index in [9.17, 15) is 10.1 Å². The molecular formula is C13H17BrN2O2. The number of hydrogen-bond acceptors (Lipinski definition) is 3. The topological polar surface area (TPSA) is 46.4 Å². The van der Waals surface area contributed by atoms with E-state index >= 15 is 0 Å². The molecule has 1 aliphatic rings. The van der Waals surface area contributed by atoms with Crippen molar-refractivity contribution in [1.82, 2.24) is 4.90 Å². The first kappa shape index (κ1) is 13.5. The number of halogens is 1. The summed E-state index contributed by atoms with van der Waals surface area (Å²) in [6, 6.07) is 5.16. The van der Waals surface area contributed by atoms with Crippen molar-refractivity contribution < 1.29 is 4.92 Å². The van der Waals surface area contributed by atoms with Gasteiger partial charge in [0.1, 0.15) is 0 Å². The molecule has 1 fully saturated rings. The maximum atomic E-state index is 11.0. The zero-order valence-corrected chi connectivity index (χ0v) is 12.0. The molecule has 0 aromatic heterocycles. The van der Waals surface area contributed by atoms with Crippen molar-refractivity contribution in [1.29, 1.82) is 0 Å². The van der Waals surface area contributed by atoms with Crippen molar-refractivity contribution in [2.45, 2.75) is 26.3 Å². The minimum atomic E-state index is -0.299. The molecule has 0 spiro atoms. The largest absolute Gasteiger partial charge is 0.299 e. The molecule has 2 rings (SSSR count). The fraction of sp³-hybridized carbons (Fsp3) is 0.538. The van der Waals surface area contributed by atoms with E-state index in [-0.39, 0.29) is 10.6 Å². The van der Waals surface area contributed by atoms with Gasteiger partial charge in [-0.15, -0.1) is 0 Å². The molecule has 1 saturated heterocycles. The second kappa shape index (κ2) is 5.80. The molecule has 0 atom stereocenters. The number of benzene rings is 1. The van der Waals surface area contributed by atoms with Crippen LogP contribution in [0.3, 0.4) is 0 Å². The summed E-state index contributed by atoms with van der Waals surface area (Å²) < 4.78 is 0.829. The van der Waals surface area contributed by atoms with E-state index in [1.807, 2.05) is 6.07 Å². The zero-order chi connectivity index (χ0) is 13.1. The van der Waals surface area contributed by atoms with Crippen molar-refractivity contribution in [2.24, 2.45) is 5.92 Å². The molecule has 0 saturated carbocycles. The predicted molar refractivity (Wildman–Crippen MR) is 74.5 cm³/mol. The Morgan fingerprint density at radius 2 is 2.11 bits per heavy atom. The second-order valence-electron chi connectivity index (χ2n) is 4.95. The smallest absolute Gasteiger partial charge is 0.275 e. The molecule has 0 radical (unpaired) electrons. The lowest BCUT2D eigenvalue weighted by atomic mass is 9.99. The fourth-order valence-electron chi connectivity index (χ4n) is 2.32. The molecule has 1 heterocycles. The van der Waals surface area contributed by atoms with Gasteiger partial charge in [0, 0.05) is 17.1 Å². The van der Waals surface area contributed by atoms with Gasteiger partial charge in [0.25, 0.3) is 5.69 Å². The van der Waals surface area contributed by atoms with E-state index in [4.69, 9.17) is 0 Å². The number of likely N-dealkylation sites (tertiary alicyclic amines) is 1. The normalized spacial score (nSPS) is 17.9. The van der Waals surface area contributed by atoms with E-state index in [2.05, 4.69) is 27.8 Å². The van der Waals surface area contributed by atoms with Gasteiger partial charge in [-0.25, -0.2) is 0 Å². The standard InChI is InChI=1S/C13H17BrN2O2/c1-10-5-7-15(8-6-10)9-11-12(14)3-2-4-13(11)16(17)18/h2-4,10H,5-9H2,1H3. The third-order valence-corrected chi connectivity index (χ3v) is 4.29. The predicted octanol–water partition coefficient (Wildman–Crippen LogP) is 3.59. The number of piperidine rings is 1. The summed E-state index contributed by atoms with van der Waals surface area (Å²) >= 11 is 3.42. The van der Waals surface area contributed by atoms with E-state index < -0.39 is 0 Å². The average Bonchev–Trinajstić information content (AvgIpc) is 2.34. The third kappa shape index (κ3) is 3.09. The molecule has 1 aliphatic heterocycles. The van der Waals surface area contributed by atoms with Crippen LogP contribution in [0.2, 0.25) is 0 Å². The second-order valence-corrected chi connectivity index (χ2v) is 5.81. The van der Waals surface area contributed by atoms with Gasteiger partial charge in [-0.1, -0.05) is 28.9 Å². The van der Waals surface area contributed by atoms with Gasteiger partial charge in [0.05, 0.1) is 10.5 Å². The molecule has 98 valence electrons. The highest BCUT2D eigenvalue weighted by Crippen LogP contribution is 2.29. The fourth-order valence-corrected chi connectivity index (χ4v) is 2.80. The van der Waals surface area contributed by atoms with E-state index in [1.54, 1.807) is 12.1 Å². The SMILES string of the molecule is CC1CCN(Cc2c(Br)cccc2[N+](=O)[O-])CC1. The summed E-state index contributed by atoms with van der Waals surface area (Å²) in [4.78, 5) is 13.0. The molecule has 0 bridgehead atoms. The summed E-state index contributed by atoms with van der Waals surface area (Å²) in [5.41, 5.74) is 1.00. The summed E-state index contributed by atoms with van der Waals surface area (Å²) in [5.74, 6) is 0.774. The summed E-state index contributed by atoms with van der Waals surface area (Å²) in [6.07, 6.45) is 2.36. The number of nitrogens with zero attached hydrogens (tertiary/aromatic N) is 2. The Bertz CT molecular complexity index is 443. The highest BCUT2D eigenvalue weighted by molar-refractivity contribution is 9.10. The summed E-state index contributed by atoms with van der Waals surface area (Å²) in [5, 5.41) is 11.0. The van der Waals surface area contributed by atoms with Crippen LogP contribution in [0.5, 0.6) is 0 Å². The first-order valence-corrected chi connectivity index (χ1v) is 7.01. The molecular weight excluding hydrogens is 296 g/mol. The molecule has 4 nitrogen and oxygen atoms in total. The molecule has 1 aromatic carbocycles. The molecule has 0 N–H and O–H groups in total. The van der Waals surface area contributed by atoms with Crippen LogP contribution in [-0.4, -0.2) is 22.9 Å². The maximum absolute atomic E-state index is 11.0. The van der Waals surface area contributed by atoms with Crippen molar-refractivity contribution in [3.8, 4) is 0 Å². The Morgan fingerprint density at radius 1 is 1.44 bits per heavy atom. The van der Waals surface area contributed by atoms with Crippen molar-refractivity contribution >= 4 is 21.6 Å². The Balaban J connectivity index is 2.15. The van der Waals surface area contributed by atoms with Crippen LogP contribution in [-0.2, 0) is 6.54 Å². The third-order valence-electron chi connectivity index (χ3n) is 3.55. The van der Waals surface area contributed by atoms with E-state index in [1.165, 1.54) is 12.8 Å². The van der Waals surface area contributed by atoms with Crippen LogP contribution < -0.4 is 0 Å². The maximum Gasteiger partial charge on any atom is 0.275 e. The van der Waals surface area contributed by atoms with Crippen LogP contribution >= 0.6 is 15.9 Å². The summed E-state index contributed by atoms with van der Waals surface area (Å²) in [7, 11) is 0. The molecule has 5 heteroatoms.